The first-order chi connectivity index (χ1) is 15.7. The molecular formula is C27H23FN2O2. The van der Waals surface area contributed by atoms with Gasteiger partial charge >= 0.3 is 6.04 Å². The summed E-state index contributed by atoms with van der Waals surface area (Å²) in [7, 11) is 0. The summed E-state index contributed by atoms with van der Waals surface area (Å²) < 4.78 is 18.7. The van der Waals surface area contributed by atoms with Gasteiger partial charge in [-0.3, -0.25) is 14.7 Å². The summed E-state index contributed by atoms with van der Waals surface area (Å²) in [6.07, 6.45) is 5.36. The van der Waals surface area contributed by atoms with Gasteiger partial charge in [0.15, 0.2) is 0 Å². The molecular weight excluding hydrogens is 403 g/mol. The third-order valence-electron chi connectivity index (χ3n) is 6.08. The number of piperidine rings is 1. The molecule has 0 N–H and O–H groups in total. The van der Waals surface area contributed by atoms with Crippen LogP contribution in [0.3, 0.4) is 0 Å². The predicted molar refractivity (Wildman–Crippen MR) is 123 cm³/mol. The van der Waals surface area contributed by atoms with Crippen molar-refractivity contribution >= 4 is 22.5 Å². The van der Waals surface area contributed by atoms with Gasteiger partial charge in [0.25, 0.3) is 0 Å². The molecule has 32 heavy (non-hydrogen) atoms. The van der Waals surface area contributed by atoms with Crippen molar-refractivity contribution in [1.82, 2.24) is 9.88 Å². The van der Waals surface area contributed by atoms with Crippen molar-refractivity contribution in [3.05, 3.63) is 107 Å². The number of rotatable bonds is 5. The van der Waals surface area contributed by atoms with E-state index in [9.17, 15) is 9.18 Å². The van der Waals surface area contributed by atoms with Gasteiger partial charge in [-0.05, 0) is 54.3 Å². The molecule has 4 aromatic rings. The third-order valence-corrected chi connectivity index (χ3v) is 6.08. The third kappa shape index (κ3) is 4.12. The monoisotopic (exact) mass is 426 g/mol. The molecule has 0 bridgehead atoms. The molecule has 3 heterocycles. The normalized spacial score (nSPS) is 14.6. The number of pyridine rings is 1. The van der Waals surface area contributed by atoms with Crippen LogP contribution in [-0.2, 0) is 6.54 Å². The number of benzene rings is 2. The Balaban J connectivity index is 1.55. The van der Waals surface area contributed by atoms with E-state index < -0.39 is 6.04 Å². The van der Waals surface area contributed by atoms with Gasteiger partial charge in [0.2, 0.25) is 0 Å². The number of carbonyl (C=O) groups excluding carboxylic acids is 1. The molecule has 0 aliphatic carbocycles. The summed E-state index contributed by atoms with van der Waals surface area (Å²) in [5, 5.41) is 1.08. The number of carbonyl (C=O) groups is 1. The van der Waals surface area contributed by atoms with Crippen LogP contribution in [0.4, 0.5) is 4.39 Å². The van der Waals surface area contributed by atoms with Gasteiger partial charge in [-0.25, -0.2) is 0 Å². The number of hydrogen-bond acceptors (Lipinski definition) is 4. The smallest absolute Gasteiger partial charge is 0.332 e. The van der Waals surface area contributed by atoms with Gasteiger partial charge in [0.05, 0.1) is 23.9 Å². The van der Waals surface area contributed by atoms with E-state index in [4.69, 9.17) is 4.42 Å². The summed E-state index contributed by atoms with van der Waals surface area (Å²) in [6, 6.07) is 19.5. The molecule has 1 aliphatic rings. The average molecular weight is 426 g/mol. The van der Waals surface area contributed by atoms with E-state index in [1.54, 1.807) is 18.4 Å². The Morgan fingerprint density at radius 3 is 2.41 bits per heavy atom. The second kappa shape index (κ2) is 8.89. The van der Waals surface area contributed by atoms with Gasteiger partial charge in [0, 0.05) is 30.2 Å². The summed E-state index contributed by atoms with van der Waals surface area (Å²) in [4.78, 5) is 18.2. The van der Waals surface area contributed by atoms with Crippen molar-refractivity contribution in [3.8, 4) is 0 Å². The highest BCUT2D eigenvalue weighted by atomic mass is 19.1. The van der Waals surface area contributed by atoms with Crippen LogP contribution in [0.1, 0.15) is 40.1 Å². The van der Waals surface area contributed by atoms with Gasteiger partial charge in [0.1, 0.15) is 5.76 Å². The summed E-state index contributed by atoms with van der Waals surface area (Å²) in [5.74, 6) is 0.974. The minimum absolute atomic E-state index is 0.0717. The number of para-hydroxylation sites is 1. The molecule has 2 aromatic carbocycles. The van der Waals surface area contributed by atoms with E-state index in [-0.39, 0.29) is 5.56 Å². The molecule has 1 aliphatic heterocycles. The van der Waals surface area contributed by atoms with Crippen molar-refractivity contribution in [2.45, 2.75) is 19.4 Å². The first kappa shape index (κ1) is 20.3. The molecule has 5 heteroatoms. The molecule has 0 saturated carbocycles. The Morgan fingerprint density at radius 2 is 1.69 bits per heavy atom. The van der Waals surface area contributed by atoms with Gasteiger partial charge in [-0.1, -0.05) is 42.0 Å². The topological polar surface area (TPSA) is 46.3 Å². The highest BCUT2D eigenvalue weighted by molar-refractivity contribution is 5.97. The lowest BCUT2D eigenvalue weighted by molar-refractivity contribution is 0.0836. The Kier molecular flexibility index (Phi) is 5.65. The van der Waals surface area contributed by atoms with Crippen molar-refractivity contribution in [1.29, 1.82) is 0 Å². The zero-order valence-electron chi connectivity index (χ0n) is 17.6. The number of likely N-dealkylation sites (tertiary alicyclic amines) is 1. The van der Waals surface area contributed by atoms with Crippen molar-refractivity contribution in [2.24, 2.45) is 0 Å². The van der Waals surface area contributed by atoms with E-state index in [2.05, 4.69) is 28.1 Å². The Hall–Kier alpha value is -3.57. The van der Waals surface area contributed by atoms with Gasteiger partial charge in [-0.15, -0.1) is 0 Å². The van der Waals surface area contributed by atoms with Crippen LogP contribution in [0, 0.1) is 0 Å². The molecule has 0 amide bonds. The summed E-state index contributed by atoms with van der Waals surface area (Å²) in [6.45, 7) is 2.66. The second-order valence-electron chi connectivity index (χ2n) is 8.07. The zero-order chi connectivity index (χ0) is 21.9. The lowest BCUT2D eigenvalue weighted by Crippen LogP contribution is -2.30. The first-order valence-corrected chi connectivity index (χ1v) is 10.8. The molecule has 4 nitrogen and oxygen atoms in total. The maximum Gasteiger partial charge on any atom is 0.332 e. The molecule has 1 fully saturated rings. The van der Waals surface area contributed by atoms with E-state index in [0.717, 1.165) is 65.8 Å². The molecule has 0 spiro atoms. The molecule has 0 unspecified atom stereocenters. The van der Waals surface area contributed by atoms with Crippen LogP contribution in [0.2, 0.25) is 0 Å². The number of hydrogen-bond donors (Lipinski definition) is 0. The second-order valence-corrected chi connectivity index (χ2v) is 8.07. The highest BCUT2D eigenvalue weighted by Crippen LogP contribution is 2.35. The maximum absolute atomic E-state index is 13.2. The van der Waals surface area contributed by atoms with E-state index in [1.165, 1.54) is 5.57 Å². The molecule has 160 valence electrons. The van der Waals surface area contributed by atoms with Crippen LogP contribution in [0.25, 0.3) is 16.5 Å². The van der Waals surface area contributed by atoms with Crippen LogP contribution >= 0.6 is 0 Å². The van der Waals surface area contributed by atoms with Crippen LogP contribution < -0.4 is 0 Å². The SMILES string of the molecule is O=C(F)c1ccc(C(=C2CCN(Cc3ccco3)CC2)c2cccc3cccnc23)cc1. The number of halogens is 1. The van der Waals surface area contributed by atoms with Gasteiger partial charge in [-0.2, -0.15) is 4.39 Å². The lowest BCUT2D eigenvalue weighted by Gasteiger charge is -2.29. The fraction of sp³-hybridized carbons (Fsp3) is 0.185. The lowest BCUT2D eigenvalue weighted by atomic mass is 9.87. The minimum atomic E-state index is -1.41. The number of nitrogens with zero attached hydrogens (tertiary/aromatic N) is 2. The molecule has 2 aromatic heterocycles. The van der Waals surface area contributed by atoms with Crippen molar-refractivity contribution in [2.75, 3.05) is 13.1 Å². The van der Waals surface area contributed by atoms with Gasteiger partial charge < -0.3 is 4.42 Å². The van der Waals surface area contributed by atoms with Crippen LogP contribution in [-0.4, -0.2) is 29.0 Å². The Bertz CT molecular complexity index is 1260. The minimum Gasteiger partial charge on any atom is -0.468 e. The van der Waals surface area contributed by atoms with Crippen molar-refractivity contribution in [3.63, 3.8) is 0 Å². The zero-order valence-corrected chi connectivity index (χ0v) is 17.6. The predicted octanol–water partition coefficient (Wildman–Crippen LogP) is 6.04. The quantitative estimate of drug-likeness (QED) is 0.365. The maximum atomic E-state index is 13.2. The van der Waals surface area contributed by atoms with E-state index in [0.29, 0.717) is 0 Å². The number of fused-ring (bicyclic) bond motifs is 1. The highest BCUT2D eigenvalue weighted by Gasteiger charge is 2.21. The van der Waals surface area contributed by atoms with Crippen molar-refractivity contribution < 1.29 is 13.6 Å². The Labute approximate surface area is 186 Å². The molecule has 0 atom stereocenters. The Morgan fingerprint density at radius 1 is 0.938 bits per heavy atom. The van der Waals surface area contributed by atoms with E-state index in [1.807, 2.05) is 42.6 Å². The standard InChI is InChI=1S/C27H23FN2O2/c28-27(31)22-10-8-19(9-11-22)25(24-7-1-4-21-5-2-14-29-26(21)24)20-12-15-30(16-13-20)18-23-6-3-17-32-23/h1-11,14,17H,12-13,15-16,18H2. The fourth-order valence-electron chi connectivity index (χ4n) is 4.48. The summed E-state index contributed by atoms with van der Waals surface area (Å²) in [5.41, 5.74) is 5.53. The summed E-state index contributed by atoms with van der Waals surface area (Å²) >= 11 is 0. The molecule has 0 radical (unpaired) electrons. The number of furan rings is 1. The average Bonchev–Trinajstić information content (AvgIpc) is 3.34. The van der Waals surface area contributed by atoms with E-state index >= 15 is 0 Å². The fourth-order valence-corrected chi connectivity index (χ4v) is 4.48. The van der Waals surface area contributed by atoms with Crippen LogP contribution in [0.5, 0.6) is 0 Å². The largest absolute Gasteiger partial charge is 0.468 e. The first-order valence-electron chi connectivity index (χ1n) is 10.8. The molecule has 5 rings (SSSR count). The molecule has 1 saturated heterocycles. The number of aromatic nitrogens is 1. The van der Waals surface area contributed by atoms with Crippen LogP contribution in [0.15, 0.2) is 89.2 Å².